The molecule has 5 aromatic heterocycles. The lowest BCUT2D eigenvalue weighted by Gasteiger charge is -2.12. The summed E-state index contributed by atoms with van der Waals surface area (Å²) in [4.78, 5) is 46.1. The van der Waals surface area contributed by atoms with Crippen molar-refractivity contribution < 1.29 is 14.2 Å². The molecule has 0 unspecified atom stereocenters. The van der Waals surface area contributed by atoms with Gasteiger partial charge in [-0.1, -0.05) is 54.6 Å². The topological polar surface area (TPSA) is 228 Å². The zero-order chi connectivity index (χ0) is 35.9. The fourth-order valence-electron chi connectivity index (χ4n) is 5.38. The predicted molar refractivity (Wildman–Crippen MR) is 186 cm³/mol. The van der Waals surface area contributed by atoms with E-state index in [9.17, 15) is 15.8 Å². The van der Waals surface area contributed by atoms with Gasteiger partial charge in [0.15, 0.2) is 11.3 Å². The van der Waals surface area contributed by atoms with Crippen molar-refractivity contribution >= 4 is 55.7 Å². The van der Waals surface area contributed by atoms with E-state index in [0.717, 1.165) is 0 Å². The SMILES string of the molecule is N#Cc1nc2nc3c(nc2nc1Oc1ccccc1)c1nc(C#N)c(Oc2ccccc2)nc1c1nc2nc(C#N)c(Oc4ccccc4)nc2nc13. The molecule has 0 saturated heterocycles. The largest absolute Gasteiger partial charge is 0.436 e. The third-order valence-corrected chi connectivity index (χ3v) is 7.70. The maximum absolute atomic E-state index is 10.2. The van der Waals surface area contributed by atoms with Crippen molar-refractivity contribution in [1.82, 2.24) is 49.8 Å². The minimum atomic E-state index is -0.147. The number of hydrogen-bond donors (Lipinski definition) is 0. The minimum absolute atomic E-state index is 0.00481. The third-order valence-electron chi connectivity index (χ3n) is 7.70. The molecule has 0 radical (unpaired) electrons. The van der Waals surface area contributed by atoms with Gasteiger partial charge in [0, 0.05) is 0 Å². The van der Waals surface area contributed by atoms with E-state index >= 15 is 0 Å². The van der Waals surface area contributed by atoms with Crippen LogP contribution in [0.2, 0.25) is 0 Å². The Hall–Kier alpha value is -8.55. The summed E-state index contributed by atoms with van der Waals surface area (Å²) in [5, 5.41) is 30.1. The zero-order valence-corrected chi connectivity index (χ0v) is 26.7. The van der Waals surface area contributed by atoms with Crippen LogP contribution in [0.4, 0.5) is 0 Å². The second-order valence-corrected chi connectivity index (χ2v) is 11.0. The summed E-state index contributed by atoms with van der Waals surface area (Å²) in [6.45, 7) is 0. The van der Waals surface area contributed by atoms with Crippen molar-refractivity contribution in [2.45, 2.75) is 0 Å². The normalized spacial score (nSPS) is 11.0. The van der Waals surface area contributed by atoms with Gasteiger partial charge in [0.05, 0.1) is 0 Å². The summed E-state index contributed by atoms with van der Waals surface area (Å²) in [5.74, 6) is 0.987. The van der Waals surface area contributed by atoms with E-state index in [1.807, 2.05) is 36.4 Å². The van der Waals surface area contributed by atoms with Crippen molar-refractivity contribution in [2.24, 2.45) is 0 Å². The first-order valence-corrected chi connectivity index (χ1v) is 15.6. The number of para-hydroxylation sites is 3. The van der Waals surface area contributed by atoms with E-state index in [1.54, 1.807) is 72.8 Å². The Kier molecular flexibility index (Phi) is 7.14. The Bertz CT molecular complexity index is 3080. The zero-order valence-electron chi connectivity index (χ0n) is 26.7. The Labute approximate surface area is 296 Å². The van der Waals surface area contributed by atoms with Crippen LogP contribution in [0, 0.1) is 34.0 Å². The van der Waals surface area contributed by atoms with Gasteiger partial charge in [-0.3, -0.25) is 0 Å². The van der Waals surface area contributed by atoms with Gasteiger partial charge >= 0.3 is 0 Å². The third kappa shape index (κ3) is 5.41. The Morgan fingerprint density at radius 2 is 0.604 bits per heavy atom. The Morgan fingerprint density at radius 3 is 0.962 bits per heavy atom. The summed E-state index contributed by atoms with van der Waals surface area (Å²) in [5.41, 5.74) is 0.398. The maximum atomic E-state index is 10.2. The summed E-state index contributed by atoms with van der Waals surface area (Å²) in [6.07, 6.45) is 0. The van der Waals surface area contributed by atoms with E-state index in [4.69, 9.17) is 39.1 Å². The highest BCUT2D eigenvalue weighted by Crippen LogP contribution is 2.35. The molecule has 9 aromatic rings. The van der Waals surface area contributed by atoms with Crippen molar-refractivity contribution in [2.75, 3.05) is 0 Å². The standard InChI is InChI=1S/C37H15N13O3/c38-16-22-35(51-19-10-4-1-5-11-19)48-30-25(41-22)26-27(44-31-33(46-26)49-36(23(17-39)42-31)52-20-12-6-2-7-13-20)28-29(30)45-32-34(47-28)50-37(24(18-40)43-32)53-21-14-8-3-9-15-21/h1-15H. The van der Waals surface area contributed by atoms with Gasteiger partial charge in [-0.25, -0.2) is 39.9 Å². The highest BCUT2D eigenvalue weighted by atomic mass is 16.5. The van der Waals surface area contributed by atoms with E-state index in [2.05, 4.69) is 24.9 Å². The van der Waals surface area contributed by atoms with Crippen molar-refractivity contribution in [1.29, 1.82) is 15.8 Å². The molecule has 0 aliphatic rings. The van der Waals surface area contributed by atoms with Gasteiger partial charge in [-0.2, -0.15) is 25.8 Å². The monoisotopic (exact) mass is 689 g/mol. The van der Waals surface area contributed by atoms with Gasteiger partial charge in [-0.15, -0.1) is 0 Å². The molecule has 16 nitrogen and oxygen atoms in total. The number of nitrogens with zero attached hydrogens (tertiary/aromatic N) is 13. The molecule has 0 bridgehead atoms. The Balaban J connectivity index is 1.34. The van der Waals surface area contributed by atoms with Crippen LogP contribution in [0.3, 0.4) is 0 Å². The van der Waals surface area contributed by atoms with E-state index < -0.39 is 0 Å². The minimum Gasteiger partial charge on any atom is -0.436 e. The molecular formula is C37H15N13O3. The molecule has 0 fully saturated rings. The maximum Gasteiger partial charge on any atom is 0.258 e. The van der Waals surface area contributed by atoms with Gasteiger partial charge < -0.3 is 14.2 Å². The van der Waals surface area contributed by atoms with Crippen LogP contribution >= 0.6 is 0 Å². The molecule has 0 aliphatic heterocycles. The number of rotatable bonds is 6. The van der Waals surface area contributed by atoms with Crippen LogP contribution in [-0.2, 0) is 0 Å². The van der Waals surface area contributed by atoms with Gasteiger partial charge in [0.2, 0.25) is 28.4 Å². The van der Waals surface area contributed by atoms with Crippen LogP contribution in [0.5, 0.6) is 34.9 Å². The first kappa shape index (κ1) is 30.5. The fourth-order valence-corrected chi connectivity index (χ4v) is 5.38. The summed E-state index contributed by atoms with van der Waals surface area (Å²) in [7, 11) is 0. The predicted octanol–water partition coefficient (Wildman–Crippen LogP) is 6.39. The van der Waals surface area contributed by atoms with Crippen LogP contribution in [-0.4, -0.2) is 49.8 Å². The first-order chi connectivity index (χ1) is 26.1. The molecule has 5 heterocycles. The number of ether oxygens (including phenoxy) is 3. The summed E-state index contributed by atoms with van der Waals surface area (Å²) < 4.78 is 17.8. The molecule has 0 saturated carbocycles. The number of fused-ring (bicyclic) bond motifs is 8. The van der Waals surface area contributed by atoms with E-state index in [0.29, 0.717) is 17.2 Å². The molecule has 0 amide bonds. The van der Waals surface area contributed by atoms with Crippen molar-refractivity contribution in [3.63, 3.8) is 0 Å². The van der Waals surface area contributed by atoms with Crippen LogP contribution < -0.4 is 14.2 Å². The summed E-state index contributed by atoms with van der Waals surface area (Å²) >= 11 is 0. The average Bonchev–Trinajstić information content (AvgIpc) is 3.20. The lowest BCUT2D eigenvalue weighted by Crippen LogP contribution is -2.05. The quantitative estimate of drug-likeness (QED) is 0.136. The molecule has 0 aliphatic carbocycles. The van der Waals surface area contributed by atoms with Crippen molar-refractivity contribution in [3.05, 3.63) is 108 Å². The van der Waals surface area contributed by atoms with Gasteiger partial charge in [-0.05, 0) is 36.4 Å². The molecule has 16 heteroatoms. The molecule has 9 rings (SSSR count). The molecule has 0 atom stereocenters. The van der Waals surface area contributed by atoms with E-state index in [1.165, 1.54) is 0 Å². The second kappa shape index (κ2) is 12.4. The molecule has 0 N–H and O–H groups in total. The molecule has 4 aromatic carbocycles. The van der Waals surface area contributed by atoms with Crippen LogP contribution in [0.1, 0.15) is 17.1 Å². The number of hydrogen-bond acceptors (Lipinski definition) is 16. The second-order valence-electron chi connectivity index (χ2n) is 11.0. The van der Waals surface area contributed by atoms with Crippen LogP contribution in [0.25, 0.3) is 55.7 Å². The fraction of sp³-hybridized carbons (Fsp3) is 0. The lowest BCUT2D eigenvalue weighted by atomic mass is 10.2. The molecule has 53 heavy (non-hydrogen) atoms. The molecule has 246 valence electrons. The molecular weight excluding hydrogens is 674 g/mol. The van der Waals surface area contributed by atoms with Crippen molar-refractivity contribution in [3.8, 4) is 53.1 Å². The lowest BCUT2D eigenvalue weighted by molar-refractivity contribution is 0.460. The first-order valence-electron chi connectivity index (χ1n) is 15.6. The van der Waals surface area contributed by atoms with Gasteiger partial charge in [0.25, 0.3) is 17.6 Å². The summed E-state index contributed by atoms with van der Waals surface area (Å²) in [6, 6.07) is 32.4. The number of benzene rings is 4. The number of nitriles is 3. The molecule has 0 spiro atoms. The van der Waals surface area contributed by atoms with E-state index in [-0.39, 0.29) is 90.4 Å². The number of aromatic nitrogens is 10. The highest BCUT2D eigenvalue weighted by Gasteiger charge is 2.24. The average molecular weight is 690 g/mol. The highest BCUT2D eigenvalue weighted by molar-refractivity contribution is 6.19. The van der Waals surface area contributed by atoms with Gasteiger partial charge in [0.1, 0.15) is 68.6 Å². The smallest absolute Gasteiger partial charge is 0.258 e. The van der Waals surface area contributed by atoms with Crippen LogP contribution in [0.15, 0.2) is 91.0 Å². The Morgan fingerprint density at radius 1 is 0.321 bits per heavy atom.